The smallest absolute Gasteiger partial charge is 0.303 e. The minimum absolute atomic E-state index is 0.0787. The predicted octanol–water partition coefficient (Wildman–Crippen LogP) is 4.52. The standard InChI is InChI=1S/C29H56N4O5S/c1-39-24-20-25(29(38)32-23-16-10-4-7-13-19-28(36)37)33-27(35)18-12-6-3-9-15-22-31-26(34)17-11-5-2-8-14-21-30/h25H,2-24,30H2,1H3,(H,31,34)(H,32,38)(H,33,35)(H,36,37)/t25-/m0/s1. The topological polar surface area (TPSA) is 151 Å². The van der Waals surface area contributed by atoms with Crippen molar-refractivity contribution in [3.63, 3.8) is 0 Å². The molecule has 3 amide bonds. The van der Waals surface area contributed by atoms with Crippen LogP contribution in [0.5, 0.6) is 0 Å². The first-order chi connectivity index (χ1) is 18.9. The Morgan fingerprint density at radius 2 is 1.15 bits per heavy atom. The lowest BCUT2D eigenvalue weighted by Gasteiger charge is -2.18. The largest absolute Gasteiger partial charge is 0.481 e. The number of carboxylic acids is 1. The molecule has 0 saturated heterocycles. The number of nitrogens with one attached hydrogen (secondary N) is 3. The number of hydrogen-bond donors (Lipinski definition) is 5. The Hall–Kier alpha value is -1.81. The lowest BCUT2D eigenvalue weighted by molar-refractivity contribution is -0.137. The Morgan fingerprint density at radius 3 is 1.72 bits per heavy atom. The van der Waals surface area contributed by atoms with E-state index < -0.39 is 12.0 Å². The molecule has 9 nitrogen and oxygen atoms in total. The Balaban J connectivity index is 3.86. The van der Waals surface area contributed by atoms with E-state index in [0.717, 1.165) is 102 Å². The number of amides is 3. The van der Waals surface area contributed by atoms with Crippen LogP contribution in [0, 0.1) is 0 Å². The monoisotopic (exact) mass is 572 g/mol. The minimum Gasteiger partial charge on any atom is -0.481 e. The van der Waals surface area contributed by atoms with Crippen molar-refractivity contribution in [2.24, 2.45) is 5.73 Å². The highest BCUT2D eigenvalue weighted by molar-refractivity contribution is 7.98. The summed E-state index contributed by atoms with van der Waals surface area (Å²) in [6, 6.07) is -0.505. The molecule has 0 aromatic carbocycles. The third-order valence-electron chi connectivity index (χ3n) is 6.64. The fourth-order valence-corrected chi connectivity index (χ4v) is 4.73. The molecular formula is C29H56N4O5S. The first-order valence-electron chi connectivity index (χ1n) is 15.1. The summed E-state index contributed by atoms with van der Waals surface area (Å²) in [6.45, 7) is 2.02. The van der Waals surface area contributed by atoms with Crippen LogP contribution in [-0.4, -0.2) is 66.5 Å². The van der Waals surface area contributed by atoms with Gasteiger partial charge in [-0.25, -0.2) is 0 Å². The van der Waals surface area contributed by atoms with Crippen LogP contribution in [0.2, 0.25) is 0 Å². The van der Waals surface area contributed by atoms with Crippen LogP contribution in [0.15, 0.2) is 0 Å². The van der Waals surface area contributed by atoms with E-state index in [1.54, 1.807) is 11.8 Å². The lowest BCUT2D eigenvalue weighted by Crippen LogP contribution is -2.47. The van der Waals surface area contributed by atoms with E-state index in [2.05, 4.69) is 16.0 Å². The first-order valence-corrected chi connectivity index (χ1v) is 16.5. The number of carbonyl (C=O) groups excluding carboxylic acids is 3. The van der Waals surface area contributed by atoms with E-state index in [0.29, 0.717) is 38.8 Å². The van der Waals surface area contributed by atoms with Gasteiger partial charge >= 0.3 is 5.97 Å². The minimum atomic E-state index is -0.755. The number of thioether (sulfide) groups is 1. The Kier molecular flexibility index (Phi) is 26.5. The highest BCUT2D eigenvalue weighted by Gasteiger charge is 2.19. The second-order valence-corrected chi connectivity index (χ2v) is 11.3. The molecule has 0 unspecified atom stereocenters. The molecule has 0 rings (SSSR count). The van der Waals surface area contributed by atoms with Gasteiger partial charge < -0.3 is 26.8 Å². The zero-order chi connectivity index (χ0) is 29.0. The van der Waals surface area contributed by atoms with E-state index in [4.69, 9.17) is 10.8 Å². The SMILES string of the molecule is CSCC[C@H](NC(=O)CCCCCCCNC(=O)CCCCCCCN)C(=O)NCCCCCCCC(=O)O. The molecule has 0 fully saturated rings. The molecule has 0 aromatic heterocycles. The summed E-state index contributed by atoms with van der Waals surface area (Å²) in [5.74, 6) is -0.0256. The fourth-order valence-electron chi connectivity index (χ4n) is 4.25. The normalized spacial score (nSPS) is 11.6. The molecule has 6 N–H and O–H groups in total. The van der Waals surface area contributed by atoms with Gasteiger partial charge in [0.25, 0.3) is 0 Å². The average molecular weight is 573 g/mol. The van der Waals surface area contributed by atoms with Crippen molar-refractivity contribution in [2.45, 2.75) is 128 Å². The molecule has 228 valence electrons. The second-order valence-electron chi connectivity index (χ2n) is 10.3. The van der Waals surface area contributed by atoms with Gasteiger partial charge in [0.1, 0.15) is 6.04 Å². The van der Waals surface area contributed by atoms with Gasteiger partial charge in [-0.15, -0.1) is 0 Å². The van der Waals surface area contributed by atoms with Crippen LogP contribution < -0.4 is 21.7 Å². The molecule has 0 aromatic rings. The second kappa shape index (κ2) is 27.7. The Morgan fingerprint density at radius 1 is 0.667 bits per heavy atom. The van der Waals surface area contributed by atoms with Gasteiger partial charge in [0.2, 0.25) is 17.7 Å². The highest BCUT2D eigenvalue weighted by Crippen LogP contribution is 2.08. The Labute approximate surface area is 241 Å². The van der Waals surface area contributed by atoms with Crippen LogP contribution in [0.3, 0.4) is 0 Å². The molecule has 0 aliphatic heterocycles. The van der Waals surface area contributed by atoms with Gasteiger partial charge in [0, 0.05) is 32.4 Å². The van der Waals surface area contributed by atoms with Crippen molar-refractivity contribution in [3.8, 4) is 0 Å². The number of hydrogen-bond acceptors (Lipinski definition) is 6. The Bertz CT molecular complexity index is 651. The van der Waals surface area contributed by atoms with Gasteiger partial charge in [0.05, 0.1) is 0 Å². The number of nitrogens with two attached hydrogens (primary N) is 1. The van der Waals surface area contributed by atoms with Crippen molar-refractivity contribution in [2.75, 3.05) is 31.6 Å². The third-order valence-corrected chi connectivity index (χ3v) is 7.28. The number of carbonyl (C=O) groups is 4. The van der Waals surface area contributed by atoms with Crippen molar-refractivity contribution in [3.05, 3.63) is 0 Å². The maximum atomic E-state index is 12.6. The molecule has 1 atom stereocenters. The van der Waals surface area contributed by atoms with E-state index in [1.807, 2.05) is 6.26 Å². The summed E-state index contributed by atoms with van der Waals surface area (Å²) < 4.78 is 0. The fraction of sp³-hybridized carbons (Fsp3) is 0.862. The van der Waals surface area contributed by atoms with Crippen LogP contribution in [0.4, 0.5) is 0 Å². The van der Waals surface area contributed by atoms with Gasteiger partial charge in [-0.2, -0.15) is 11.8 Å². The zero-order valence-electron chi connectivity index (χ0n) is 24.4. The van der Waals surface area contributed by atoms with Crippen LogP contribution >= 0.6 is 11.8 Å². The average Bonchev–Trinajstić information content (AvgIpc) is 2.91. The molecule has 39 heavy (non-hydrogen) atoms. The summed E-state index contributed by atoms with van der Waals surface area (Å²) in [4.78, 5) is 47.4. The highest BCUT2D eigenvalue weighted by atomic mass is 32.2. The van der Waals surface area contributed by atoms with Gasteiger partial charge in [-0.05, 0) is 63.5 Å². The molecular weight excluding hydrogens is 516 g/mol. The predicted molar refractivity (Wildman–Crippen MR) is 161 cm³/mol. The van der Waals surface area contributed by atoms with Crippen LogP contribution in [0.25, 0.3) is 0 Å². The van der Waals surface area contributed by atoms with Crippen LogP contribution in [-0.2, 0) is 19.2 Å². The van der Waals surface area contributed by atoms with E-state index in [9.17, 15) is 19.2 Å². The summed E-state index contributed by atoms with van der Waals surface area (Å²) >= 11 is 1.65. The van der Waals surface area contributed by atoms with Crippen molar-refractivity contribution < 1.29 is 24.3 Å². The van der Waals surface area contributed by atoms with Crippen molar-refractivity contribution >= 4 is 35.5 Å². The summed E-state index contributed by atoms with van der Waals surface area (Å²) in [7, 11) is 0. The molecule has 0 spiro atoms. The van der Waals surface area contributed by atoms with Crippen molar-refractivity contribution in [1.29, 1.82) is 0 Å². The van der Waals surface area contributed by atoms with Gasteiger partial charge in [0.15, 0.2) is 0 Å². The van der Waals surface area contributed by atoms with E-state index in [1.165, 1.54) is 0 Å². The molecule has 0 aliphatic rings. The zero-order valence-corrected chi connectivity index (χ0v) is 25.2. The third kappa shape index (κ3) is 26.2. The molecule has 0 heterocycles. The number of unbranched alkanes of at least 4 members (excludes halogenated alkanes) is 12. The number of rotatable bonds is 28. The number of aliphatic carboxylic acids is 1. The first kappa shape index (κ1) is 37.2. The maximum absolute atomic E-state index is 12.6. The summed E-state index contributed by atoms with van der Waals surface area (Å²) in [5.41, 5.74) is 5.48. The van der Waals surface area contributed by atoms with E-state index >= 15 is 0 Å². The summed E-state index contributed by atoms with van der Waals surface area (Å²) in [5, 5.41) is 17.5. The van der Waals surface area contributed by atoms with Crippen molar-refractivity contribution in [1.82, 2.24) is 16.0 Å². The van der Waals surface area contributed by atoms with Gasteiger partial charge in [-0.3, -0.25) is 19.2 Å². The molecule has 0 aliphatic carbocycles. The quantitative estimate of drug-likeness (QED) is 0.0865. The molecule has 10 heteroatoms. The van der Waals surface area contributed by atoms with Crippen LogP contribution in [0.1, 0.15) is 122 Å². The lowest BCUT2D eigenvalue weighted by atomic mass is 10.1. The summed E-state index contributed by atoms with van der Waals surface area (Å²) in [6.07, 6.45) is 18.3. The van der Waals surface area contributed by atoms with E-state index in [-0.39, 0.29) is 24.1 Å². The molecule has 0 bridgehead atoms. The maximum Gasteiger partial charge on any atom is 0.303 e. The number of carboxylic acid groups (broad SMARTS) is 1. The van der Waals surface area contributed by atoms with Gasteiger partial charge in [-0.1, -0.05) is 57.8 Å². The molecule has 0 radical (unpaired) electrons. The molecule has 0 saturated carbocycles.